The lowest BCUT2D eigenvalue weighted by Crippen LogP contribution is -2.43. The van der Waals surface area contributed by atoms with Gasteiger partial charge in [0.25, 0.3) is 5.91 Å². The van der Waals surface area contributed by atoms with Gasteiger partial charge in [-0.2, -0.15) is 0 Å². The van der Waals surface area contributed by atoms with Crippen LogP contribution in [0.5, 0.6) is 0 Å². The summed E-state index contributed by atoms with van der Waals surface area (Å²) in [6.07, 6.45) is 12.5. The summed E-state index contributed by atoms with van der Waals surface area (Å²) >= 11 is 0. The van der Waals surface area contributed by atoms with Gasteiger partial charge in [0.15, 0.2) is 0 Å². The fourth-order valence-corrected chi connectivity index (χ4v) is 4.21. The van der Waals surface area contributed by atoms with Gasteiger partial charge in [-0.3, -0.25) is 9.79 Å². The first-order valence-corrected chi connectivity index (χ1v) is 9.68. The maximum absolute atomic E-state index is 13.3. The molecule has 3 aliphatic rings. The molecule has 1 unspecified atom stereocenters. The molecule has 1 saturated carbocycles. The molecule has 2 heterocycles. The lowest BCUT2D eigenvalue weighted by molar-refractivity contribution is 0.0645. The molecule has 5 rings (SSSR count). The molecule has 27 heavy (non-hydrogen) atoms. The van der Waals surface area contributed by atoms with Gasteiger partial charge in [0.1, 0.15) is 6.33 Å². The molecule has 2 aliphatic carbocycles. The quantitative estimate of drug-likeness (QED) is 0.838. The van der Waals surface area contributed by atoms with Crippen LogP contribution in [0.3, 0.4) is 0 Å². The lowest BCUT2D eigenvalue weighted by Gasteiger charge is -2.35. The molecule has 0 N–H and O–H groups in total. The number of hydrogen-bond acceptors (Lipinski definition) is 4. The summed E-state index contributed by atoms with van der Waals surface area (Å²) in [6.45, 7) is 0.865. The van der Waals surface area contributed by atoms with Crippen molar-refractivity contribution in [2.75, 3.05) is 6.54 Å². The molecular formula is C22H22N4O. The topological polar surface area (TPSA) is 58.5 Å². The Morgan fingerprint density at radius 2 is 1.74 bits per heavy atom. The van der Waals surface area contributed by atoms with Gasteiger partial charge in [0.05, 0.1) is 6.54 Å². The molecule has 1 aliphatic heterocycles. The average molecular weight is 358 g/mol. The van der Waals surface area contributed by atoms with E-state index in [0.717, 1.165) is 55.3 Å². The number of aromatic nitrogens is 2. The molecule has 1 atom stereocenters. The van der Waals surface area contributed by atoms with Crippen molar-refractivity contribution in [2.24, 2.45) is 4.99 Å². The van der Waals surface area contributed by atoms with Crippen LogP contribution in [0.1, 0.15) is 42.5 Å². The Hall–Kier alpha value is -2.82. The Balaban J connectivity index is 1.37. The monoisotopic (exact) mass is 358 g/mol. The Morgan fingerprint density at radius 1 is 0.963 bits per heavy atom. The summed E-state index contributed by atoms with van der Waals surface area (Å²) in [5, 5.41) is 0. The van der Waals surface area contributed by atoms with Crippen LogP contribution in [0.2, 0.25) is 0 Å². The van der Waals surface area contributed by atoms with E-state index in [-0.39, 0.29) is 5.91 Å². The molecule has 1 amide bonds. The predicted molar refractivity (Wildman–Crippen MR) is 105 cm³/mol. The van der Waals surface area contributed by atoms with Crippen LogP contribution < -0.4 is 0 Å². The minimum atomic E-state index is 0.164. The molecule has 0 radical (unpaired) electrons. The number of carbonyl (C=O) groups excluding carboxylic acids is 1. The third-order valence-electron chi connectivity index (χ3n) is 5.81. The first-order valence-electron chi connectivity index (χ1n) is 9.68. The third-order valence-corrected chi connectivity index (χ3v) is 5.81. The van der Waals surface area contributed by atoms with E-state index < -0.39 is 0 Å². The van der Waals surface area contributed by atoms with Gasteiger partial charge in [0, 0.05) is 41.8 Å². The number of rotatable bonds is 4. The zero-order valence-corrected chi connectivity index (χ0v) is 15.2. The number of aliphatic imine (C=N–C) groups is 1. The van der Waals surface area contributed by atoms with E-state index in [0.29, 0.717) is 12.1 Å². The zero-order chi connectivity index (χ0) is 18.2. The number of carbonyl (C=O) groups is 1. The number of nitrogens with zero attached hydrogens (tertiary/aromatic N) is 4. The van der Waals surface area contributed by atoms with Crippen LogP contribution in [0.4, 0.5) is 0 Å². The first kappa shape index (κ1) is 16.4. The summed E-state index contributed by atoms with van der Waals surface area (Å²) in [4.78, 5) is 28.0. The zero-order valence-electron chi connectivity index (χ0n) is 15.2. The van der Waals surface area contributed by atoms with Crippen LogP contribution in [0, 0.1) is 0 Å². The van der Waals surface area contributed by atoms with Gasteiger partial charge in [0.2, 0.25) is 0 Å². The number of amides is 1. The maximum atomic E-state index is 13.3. The minimum Gasteiger partial charge on any atom is -0.332 e. The summed E-state index contributed by atoms with van der Waals surface area (Å²) in [5.74, 6) is 0.164. The molecule has 1 fully saturated rings. The van der Waals surface area contributed by atoms with Gasteiger partial charge in [-0.05, 0) is 60.9 Å². The van der Waals surface area contributed by atoms with E-state index in [1.54, 1.807) is 12.4 Å². The highest BCUT2D eigenvalue weighted by Gasteiger charge is 2.39. The van der Waals surface area contributed by atoms with Crippen molar-refractivity contribution in [1.82, 2.24) is 14.9 Å². The molecule has 0 spiro atoms. The molecule has 2 aromatic rings. The summed E-state index contributed by atoms with van der Waals surface area (Å²) in [6, 6.07) is 8.56. The largest absolute Gasteiger partial charge is 0.332 e. The van der Waals surface area contributed by atoms with E-state index in [4.69, 9.17) is 0 Å². The maximum Gasteiger partial charge on any atom is 0.254 e. The fourth-order valence-electron chi connectivity index (χ4n) is 4.21. The van der Waals surface area contributed by atoms with Gasteiger partial charge >= 0.3 is 0 Å². The molecule has 0 bridgehead atoms. The fraction of sp³-hybridized carbons (Fsp3) is 0.364. The van der Waals surface area contributed by atoms with Crippen LogP contribution >= 0.6 is 0 Å². The van der Waals surface area contributed by atoms with Gasteiger partial charge in [-0.15, -0.1) is 0 Å². The van der Waals surface area contributed by atoms with Crippen molar-refractivity contribution in [3.8, 4) is 11.1 Å². The molecule has 136 valence electrons. The smallest absolute Gasteiger partial charge is 0.254 e. The highest BCUT2D eigenvalue weighted by molar-refractivity contribution is 5.95. The second-order valence-corrected chi connectivity index (χ2v) is 7.64. The van der Waals surface area contributed by atoms with E-state index in [1.807, 2.05) is 30.5 Å². The summed E-state index contributed by atoms with van der Waals surface area (Å²) < 4.78 is 0. The standard InChI is InChI=1S/C22H22N4O/c27-22(16-3-1-15(2-4-16)19-12-24-14-25-13-19)26(20-7-8-20)21-6-5-17-10-23-11-18(17)9-21/h1-4,11-14,20-21H,5-10H2. The van der Waals surface area contributed by atoms with Crippen molar-refractivity contribution in [3.63, 3.8) is 0 Å². The van der Waals surface area contributed by atoms with Crippen molar-refractivity contribution >= 4 is 12.1 Å². The molecule has 5 heteroatoms. The number of hydrogen-bond donors (Lipinski definition) is 0. The van der Waals surface area contributed by atoms with Gasteiger partial charge in [-0.25, -0.2) is 9.97 Å². The van der Waals surface area contributed by atoms with Crippen molar-refractivity contribution in [2.45, 2.75) is 44.2 Å². The van der Waals surface area contributed by atoms with Crippen molar-refractivity contribution in [3.05, 3.63) is 59.7 Å². The second kappa shape index (κ2) is 6.72. The van der Waals surface area contributed by atoms with Gasteiger partial charge in [-0.1, -0.05) is 12.1 Å². The normalized spacial score (nSPS) is 21.3. The average Bonchev–Trinajstić information content (AvgIpc) is 3.44. The Bertz CT molecular complexity index is 913. The van der Waals surface area contributed by atoms with Crippen LogP contribution in [0.15, 0.2) is 59.1 Å². The molecule has 0 saturated heterocycles. The van der Waals surface area contributed by atoms with E-state index in [9.17, 15) is 4.79 Å². The third kappa shape index (κ3) is 3.18. The Labute approximate surface area is 158 Å². The molecule has 1 aromatic heterocycles. The van der Waals surface area contributed by atoms with Crippen LogP contribution in [0.25, 0.3) is 11.1 Å². The summed E-state index contributed by atoms with van der Waals surface area (Å²) in [7, 11) is 0. The molecular weight excluding hydrogens is 336 g/mol. The van der Waals surface area contributed by atoms with Crippen molar-refractivity contribution < 1.29 is 4.79 Å². The van der Waals surface area contributed by atoms with E-state index in [1.165, 1.54) is 17.5 Å². The summed E-state index contributed by atoms with van der Waals surface area (Å²) in [5.41, 5.74) is 5.60. The highest BCUT2D eigenvalue weighted by Crippen LogP contribution is 2.37. The van der Waals surface area contributed by atoms with E-state index in [2.05, 4.69) is 19.9 Å². The molecule has 1 aromatic carbocycles. The minimum absolute atomic E-state index is 0.164. The second-order valence-electron chi connectivity index (χ2n) is 7.64. The van der Waals surface area contributed by atoms with Crippen molar-refractivity contribution in [1.29, 1.82) is 0 Å². The first-order chi connectivity index (χ1) is 13.3. The molecule has 5 nitrogen and oxygen atoms in total. The number of benzene rings is 1. The Morgan fingerprint density at radius 3 is 2.48 bits per heavy atom. The van der Waals surface area contributed by atoms with Crippen LogP contribution in [-0.4, -0.2) is 45.6 Å². The van der Waals surface area contributed by atoms with Crippen LogP contribution in [-0.2, 0) is 0 Å². The highest BCUT2D eigenvalue weighted by atomic mass is 16.2. The Kier molecular flexibility index (Phi) is 4.07. The lowest BCUT2D eigenvalue weighted by atomic mass is 9.88. The van der Waals surface area contributed by atoms with Gasteiger partial charge < -0.3 is 4.90 Å². The SMILES string of the molecule is O=C(c1ccc(-c2cncnc2)cc1)N(C1CC1)C1CCC2=C(C=NC2)C1. The van der Waals surface area contributed by atoms with E-state index >= 15 is 0 Å². The predicted octanol–water partition coefficient (Wildman–Crippen LogP) is 3.68.